The summed E-state index contributed by atoms with van der Waals surface area (Å²) in [5.41, 5.74) is 2.34. The molecule has 0 amide bonds. The highest BCUT2D eigenvalue weighted by atomic mass is 32.1. The summed E-state index contributed by atoms with van der Waals surface area (Å²) in [7, 11) is 0. The number of carboxylic acid groups (broad SMARTS) is 1. The van der Waals surface area contributed by atoms with E-state index in [0.717, 1.165) is 43.4 Å². The molecular weight excluding hydrogens is 322 g/mol. The second-order valence-electron chi connectivity index (χ2n) is 5.84. The molecule has 0 atom stereocenters. The average molecular weight is 343 g/mol. The molecule has 0 saturated carbocycles. The van der Waals surface area contributed by atoms with Gasteiger partial charge in [0, 0.05) is 30.6 Å². The van der Waals surface area contributed by atoms with Gasteiger partial charge in [-0.2, -0.15) is 0 Å². The molecule has 1 aromatic heterocycles. The average Bonchev–Trinajstić information content (AvgIpc) is 3.05. The number of fused-ring (bicyclic) bond motifs is 1. The zero-order valence-electron chi connectivity index (χ0n) is 13.5. The summed E-state index contributed by atoms with van der Waals surface area (Å²) in [5.74, 6) is -0.121. The van der Waals surface area contributed by atoms with Gasteiger partial charge < -0.3 is 9.84 Å². The van der Waals surface area contributed by atoms with Crippen molar-refractivity contribution in [3.8, 4) is 5.75 Å². The molecule has 24 heavy (non-hydrogen) atoms. The smallest absolute Gasteiger partial charge is 0.328 e. The van der Waals surface area contributed by atoms with Gasteiger partial charge in [-0.1, -0.05) is 12.1 Å². The molecule has 1 aromatic carbocycles. The predicted octanol–water partition coefficient (Wildman–Crippen LogP) is 3.67. The van der Waals surface area contributed by atoms with Gasteiger partial charge in [0.15, 0.2) is 0 Å². The van der Waals surface area contributed by atoms with E-state index in [1.54, 1.807) is 11.0 Å². The van der Waals surface area contributed by atoms with Crippen LogP contribution in [0.5, 0.6) is 5.75 Å². The third kappa shape index (κ3) is 4.69. The van der Waals surface area contributed by atoms with Crippen molar-refractivity contribution < 1.29 is 14.6 Å². The van der Waals surface area contributed by atoms with E-state index in [4.69, 9.17) is 9.84 Å². The Hall–Kier alpha value is -2.11. The Balaban J connectivity index is 1.38. The van der Waals surface area contributed by atoms with Crippen molar-refractivity contribution in [1.82, 2.24) is 4.90 Å². The molecule has 1 N–H and O–H groups in total. The largest absolute Gasteiger partial charge is 0.494 e. The van der Waals surface area contributed by atoms with Gasteiger partial charge in [0.2, 0.25) is 0 Å². The second-order valence-corrected chi connectivity index (χ2v) is 6.84. The standard InChI is InChI=1S/C19H21NO3S/c21-19(22)7-4-15-2-5-17(6-3-15)23-12-1-10-20-11-8-18-16(14-20)9-13-24-18/h2-7,9,13H,1,8,10-12,14H2,(H,21,22)/b7-4+. The molecule has 0 unspecified atom stereocenters. The lowest BCUT2D eigenvalue weighted by Gasteiger charge is -2.26. The number of hydrogen-bond acceptors (Lipinski definition) is 4. The van der Waals surface area contributed by atoms with Gasteiger partial charge in [0.25, 0.3) is 0 Å². The number of hydrogen-bond donors (Lipinski definition) is 1. The molecule has 0 fully saturated rings. The Morgan fingerprint density at radius 2 is 2.12 bits per heavy atom. The van der Waals surface area contributed by atoms with Crippen LogP contribution in [-0.2, 0) is 17.8 Å². The third-order valence-corrected chi connectivity index (χ3v) is 5.10. The minimum Gasteiger partial charge on any atom is -0.494 e. The first-order valence-electron chi connectivity index (χ1n) is 8.12. The van der Waals surface area contributed by atoms with Gasteiger partial charge in [-0.15, -0.1) is 11.3 Å². The number of thiophene rings is 1. The van der Waals surface area contributed by atoms with E-state index in [9.17, 15) is 4.79 Å². The predicted molar refractivity (Wildman–Crippen MR) is 96.5 cm³/mol. The number of carboxylic acids is 1. The molecule has 126 valence electrons. The number of aliphatic carboxylic acids is 1. The van der Waals surface area contributed by atoms with Crippen molar-refractivity contribution in [2.75, 3.05) is 19.7 Å². The lowest BCUT2D eigenvalue weighted by Crippen LogP contribution is -2.31. The Morgan fingerprint density at radius 3 is 2.92 bits per heavy atom. The van der Waals surface area contributed by atoms with E-state index >= 15 is 0 Å². The Morgan fingerprint density at radius 1 is 1.29 bits per heavy atom. The molecule has 2 heterocycles. The van der Waals surface area contributed by atoms with Crippen LogP contribution in [0.3, 0.4) is 0 Å². The molecular formula is C19H21NO3S. The molecule has 5 heteroatoms. The lowest BCUT2D eigenvalue weighted by molar-refractivity contribution is -0.131. The van der Waals surface area contributed by atoms with Gasteiger partial charge in [0.05, 0.1) is 6.61 Å². The van der Waals surface area contributed by atoms with Crippen molar-refractivity contribution in [2.24, 2.45) is 0 Å². The van der Waals surface area contributed by atoms with Gasteiger partial charge in [-0.3, -0.25) is 4.90 Å². The highest BCUT2D eigenvalue weighted by Gasteiger charge is 2.16. The van der Waals surface area contributed by atoms with Crippen LogP contribution >= 0.6 is 11.3 Å². The zero-order valence-corrected chi connectivity index (χ0v) is 14.3. The minimum atomic E-state index is -0.942. The van der Waals surface area contributed by atoms with Crippen LogP contribution in [0, 0.1) is 0 Å². The SMILES string of the molecule is O=C(O)/C=C/c1ccc(OCCCN2CCc3sccc3C2)cc1. The minimum absolute atomic E-state index is 0.692. The molecule has 1 aliphatic rings. The summed E-state index contributed by atoms with van der Waals surface area (Å²) >= 11 is 1.87. The summed E-state index contributed by atoms with van der Waals surface area (Å²) in [4.78, 5) is 14.5. The van der Waals surface area contributed by atoms with Gasteiger partial charge >= 0.3 is 5.97 Å². The molecule has 0 aliphatic carbocycles. The Bertz CT molecular complexity index is 706. The first-order valence-corrected chi connectivity index (χ1v) is 9.00. The summed E-state index contributed by atoms with van der Waals surface area (Å²) < 4.78 is 5.77. The highest BCUT2D eigenvalue weighted by Crippen LogP contribution is 2.24. The number of carbonyl (C=O) groups is 1. The Kier molecular flexibility index (Phi) is 5.67. The molecule has 1 aliphatic heterocycles. The van der Waals surface area contributed by atoms with Gasteiger partial charge in [0.1, 0.15) is 5.75 Å². The van der Waals surface area contributed by atoms with Crippen molar-refractivity contribution in [2.45, 2.75) is 19.4 Å². The molecule has 2 aromatic rings. The maximum Gasteiger partial charge on any atom is 0.328 e. The van der Waals surface area contributed by atoms with Gasteiger partial charge in [-0.05, 0) is 53.6 Å². The fraction of sp³-hybridized carbons (Fsp3) is 0.316. The molecule has 0 spiro atoms. The van der Waals surface area contributed by atoms with Crippen molar-refractivity contribution in [3.05, 3.63) is 57.8 Å². The lowest BCUT2D eigenvalue weighted by atomic mass is 10.1. The van der Waals surface area contributed by atoms with Crippen LogP contribution < -0.4 is 4.74 Å². The van der Waals surface area contributed by atoms with Crippen LogP contribution in [-0.4, -0.2) is 35.7 Å². The second kappa shape index (κ2) is 8.13. The Labute approximate surface area is 146 Å². The molecule has 3 rings (SSSR count). The summed E-state index contributed by atoms with van der Waals surface area (Å²) in [6, 6.07) is 9.71. The summed E-state index contributed by atoms with van der Waals surface area (Å²) in [6.07, 6.45) is 4.87. The number of nitrogens with zero attached hydrogens (tertiary/aromatic N) is 1. The number of benzene rings is 1. The van der Waals surface area contributed by atoms with Gasteiger partial charge in [-0.25, -0.2) is 4.79 Å². The van der Waals surface area contributed by atoms with E-state index < -0.39 is 5.97 Å². The fourth-order valence-corrected chi connectivity index (χ4v) is 3.71. The number of rotatable bonds is 7. The van der Waals surface area contributed by atoms with Crippen LogP contribution in [0.4, 0.5) is 0 Å². The molecule has 0 radical (unpaired) electrons. The van der Waals surface area contributed by atoms with Crippen LogP contribution in [0.2, 0.25) is 0 Å². The van der Waals surface area contributed by atoms with Crippen molar-refractivity contribution in [1.29, 1.82) is 0 Å². The zero-order chi connectivity index (χ0) is 16.8. The first kappa shape index (κ1) is 16.7. The fourth-order valence-electron chi connectivity index (χ4n) is 2.82. The topological polar surface area (TPSA) is 49.8 Å². The monoisotopic (exact) mass is 343 g/mol. The van der Waals surface area contributed by atoms with Crippen molar-refractivity contribution in [3.63, 3.8) is 0 Å². The van der Waals surface area contributed by atoms with E-state index in [1.165, 1.54) is 12.0 Å². The van der Waals surface area contributed by atoms with E-state index in [1.807, 2.05) is 35.6 Å². The third-order valence-electron chi connectivity index (χ3n) is 4.07. The van der Waals surface area contributed by atoms with Crippen LogP contribution in [0.15, 0.2) is 41.8 Å². The van der Waals surface area contributed by atoms with Crippen LogP contribution in [0.25, 0.3) is 6.08 Å². The number of ether oxygens (including phenoxy) is 1. The maximum atomic E-state index is 10.5. The quantitative estimate of drug-likeness (QED) is 0.615. The molecule has 0 saturated heterocycles. The maximum absolute atomic E-state index is 10.5. The highest BCUT2D eigenvalue weighted by molar-refractivity contribution is 7.10. The molecule has 4 nitrogen and oxygen atoms in total. The summed E-state index contributed by atoms with van der Waals surface area (Å²) in [6.45, 7) is 3.94. The van der Waals surface area contributed by atoms with E-state index in [2.05, 4.69) is 16.3 Å². The summed E-state index contributed by atoms with van der Waals surface area (Å²) in [5, 5.41) is 10.8. The van der Waals surface area contributed by atoms with E-state index in [0.29, 0.717) is 6.61 Å². The van der Waals surface area contributed by atoms with E-state index in [-0.39, 0.29) is 0 Å². The van der Waals surface area contributed by atoms with Crippen molar-refractivity contribution >= 4 is 23.4 Å². The normalized spacial score (nSPS) is 14.7. The molecule has 0 bridgehead atoms. The van der Waals surface area contributed by atoms with Crippen LogP contribution in [0.1, 0.15) is 22.4 Å². The first-order chi connectivity index (χ1) is 11.7.